The number of hydrogen-bond acceptors (Lipinski definition) is 2. The van der Waals surface area contributed by atoms with Gasteiger partial charge in [0.1, 0.15) is 0 Å². The summed E-state index contributed by atoms with van der Waals surface area (Å²) in [6, 6.07) is 4.13. The van der Waals surface area contributed by atoms with E-state index >= 15 is 0 Å². The Bertz CT molecular complexity index is 471. The van der Waals surface area contributed by atoms with Crippen molar-refractivity contribution in [1.29, 1.82) is 0 Å². The number of hydrogen-bond donors (Lipinski definition) is 0. The van der Waals surface area contributed by atoms with Crippen LogP contribution in [0.5, 0.6) is 0 Å². The zero-order valence-electron chi connectivity index (χ0n) is 10.9. The molecule has 0 atom stereocenters. The standard InChI is InChI=1S/C11H16N4Se.Li/c1-7-5-9(3)14(12-7)11(16)15-10(4)6-8(2)13-15;/h5-6,11,16H,1-4H3;/q;+1/p-1. The molecule has 0 unspecified atom stereocenters. The quantitative estimate of drug-likeness (QED) is 0.630. The van der Waals surface area contributed by atoms with Crippen molar-refractivity contribution in [3.63, 3.8) is 0 Å². The van der Waals surface area contributed by atoms with Crippen LogP contribution in [0.15, 0.2) is 12.1 Å². The number of aryl methyl sites for hydroxylation is 4. The van der Waals surface area contributed by atoms with Crippen LogP contribution in [0.2, 0.25) is 0 Å². The summed E-state index contributed by atoms with van der Waals surface area (Å²) in [5, 5.41) is 8.93. The summed E-state index contributed by atoms with van der Waals surface area (Å²) in [4.78, 5) is 0. The normalized spacial score (nSPS) is 10.7. The van der Waals surface area contributed by atoms with Gasteiger partial charge in [0, 0.05) is 0 Å². The van der Waals surface area contributed by atoms with E-state index in [2.05, 4.69) is 52.2 Å². The van der Waals surface area contributed by atoms with Crippen molar-refractivity contribution in [2.24, 2.45) is 0 Å². The molecule has 0 fully saturated rings. The van der Waals surface area contributed by atoms with Crippen LogP contribution >= 0.6 is 0 Å². The van der Waals surface area contributed by atoms with Gasteiger partial charge < -0.3 is 0 Å². The van der Waals surface area contributed by atoms with Crippen molar-refractivity contribution in [2.45, 2.75) is 32.8 Å². The monoisotopic (exact) mass is 290 g/mol. The Morgan fingerprint density at radius 1 is 0.941 bits per heavy atom. The van der Waals surface area contributed by atoms with Crippen molar-refractivity contribution in [3.05, 3.63) is 34.9 Å². The molecule has 17 heavy (non-hydrogen) atoms. The van der Waals surface area contributed by atoms with Crippen LogP contribution in [0.3, 0.4) is 0 Å². The van der Waals surface area contributed by atoms with E-state index < -0.39 is 0 Å². The fourth-order valence-electron chi connectivity index (χ4n) is 1.84. The van der Waals surface area contributed by atoms with E-state index in [0.717, 1.165) is 22.8 Å². The van der Waals surface area contributed by atoms with E-state index in [0.29, 0.717) is 0 Å². The molecule has 0 saturated heterocycles. The number of nitrogens with zero attached hydrogens (tertiary/aromatic N) is 4. The third-order valence-electron chi connectivity index (χ3n) is 2.51. The van der Waals surface area contributed by atoms with E-state index in [-0.39, 0.29) is 23.9 Å². The molecular weight excluding hydrogens is 274 g/mol. The zero-order valence-corrected chi connectivity index (χ0v) is 12.6. The Hall–Kier alpha value is -0.463. The maximum Gasteiger partial charge on any atom is 1.00 e. The molecule has 0 N–H and O–H groups in total. The van der Waals surface area contributed by atoms with E-state index in [1.807, 2.05) is 23.2 Å². The average Bonchev–Trinajstić information content (AvgIpc) is 2.68. The van der Waals surface area contributed by atoms with Gasteiger partial charge in [-0.15, -0.1) is 0 Å². The molecule has 0 aromatic carbocycles. The third kappa shape index (κ3) is 2.86. The largest absolute Gasteiger partial charge is 1.00 e. The molecule has 6 heteroatoms. The van der Waals surface area contributed by atoms with Gasteiger partial charge in [-0.25, -0.2) is 0 Å². The average molecular weight is 289 g/mol. The number of aromatic nitrogens is 4. The fraction of sp³-hybridized carbons (Fsp3) is 0.455. The van der Waals surface area contributed by atoms with Crippen LogP contribution in [-0.4, -0.2) is 35.6 Å². The molecule has 0 aliphatic carbocycles. The van der Waals surface area contributed by atoms with Gasteiger partial charge in [0.05, 0.1) is 0 Å². The van der Waals surface area contributed by atoms with Gasteiger partial charge in [-0.1, -0.05) is 0 Å². The smallest absolute Gasteiger partial charge is 1.00 e. The minimum Gasteiger partial charge on any atom is 1.00 e. The maximum absolute atomic E-state index is 4.46. The molecule has 0 saturated carbocycles. The molecule has 2 rings (SSSR count). The Kier molecular flexibility index (Phi) is 4.68. The van der Waals surface area contributed by atoms with Crippen molar-refractivity contribution in [3.8, 4) is 0 Å². The van der Waals surface area contributed by atoms with E-state index in [9.17, 15) is 0 Å². The van der Waals surface area contributed by atoms with Gasteiger partial charge in [0.15, 0.2) is 0 Å². The minimum absolute atomic E-state index is 0. The summed E-state index contributed by atoms with van der Waals surface area (Å²) in [7, 11) is 0. The SMILES string of the molecule is Cc1cc(C)n(C([Se-])n2nc(C)cc2C)n1.[Li+]. The molecule has 0 aliphatic heterocycles. The predicted molar refractivity (Wildman–Crippen MR) is 63.6 cm³/mol. The third-order valence-corrected chi connectivity index (χ3v) is 3.35. The second-order valence-corrected chi connectivity index (χ2v) is 4.95. The molecule has 0 bridgehead atoms. The summed E-state index contributed by atoms with van der Waals surface area (Å²) in [6.07, 6.45) is 0. The Morgan fingerprint density at radius 3 is 1.53 bits per heavy atom. The Balaban J connectivity index is 0.00000144. The Labute approximate surface area is 122 Å². The zero-order chi connectivity index (χ0) is 11.9. The molecule has 0 amide bonds. The van der Waals surface area contributed by atoms with Gasteiger partial charge in [-0.05, 0) is 0 Å². The first kappa shape index (κ1) is 14.6. The van der Waals surface area contributed by atoms with Gasteiger partial charge in [-0.2, -0.15) is 0 Å². The van der Waals surface area contributed by atoms with Crippen molar-refractivity contribution in [1.82, 2.24) is 19.6 Å². The summed E-state index contributed by atoms with van der Waals surface area (Å²) in [5.41, 5.74) is 4.32. The first-order chi connectivity index (χ1) is 7.49. The molecule has 0 radical (unpaired) electrons. The van der Waals surface area contributed by atoms with Gasteiger partial charge in [-0.3, -0.25) is 0 Å². The van der Waals surface area contributed by atoms with Crippen LogP contribution in [0.25, 0.3) is 0 Å². The molecule has 86 valence electrons. The fourth-order valence-corrected chi connectivity index (χ4v) is 2.74. The molecule has 2 aromatic heterocycles. The summed E-state index contributed by atoms with van der Waals surface area (Å²) >= 11 is 3.12. The molecule has 0 aliphatic rings. The minimum atomic E-state index is 0. The first-order valence-electron chi connectivity index (χ1n) is 5.20. The second kappa shape index (κ2) is 5.45. The van der Waals surface area contributed by atoms with Crippen LogP contribution < -0.4 is 18.9 Å². The van der Waals surface area contributed by atoms with Crippen LogP contribution in [0, 0.1) is 27.7 Å². The van der Waals surface area contributed by atoms with Crippen molar-refractivity contribution in [2.75, 3.05) is 0 Å². The number of rotatable bonds is 2. The molecule has 4 nitrogen and oxygen atoms in total. The van der Waals surface area contributed by atoms with E-state index in [4.69, 9.17) is 0 Å². The second-order valence-electron chi connectivity index (χ2n) is 4.07. The summed E-state index contributed by atoms with van der Waals surface area (Å²) < 4.78 is 3.91. The summed E-state index contributed by atoms with van der Waals surface area (Å²) in [6.45, 7) is 8.10. The maximum atomic E-state index is 4.46. The van der Waals surface area contributed by atoms with E-state index in [1.54, 1.807) is 0 Å². The predicted octanol–water partition coefficient (Wildman–Crippen LogP) is -1.51. The molecular formula is C11H15LiN4Se. The van der Waals surface area contributed by atoms with Crippen LogP contribution in [-0.2, 0) is 0 Å². The molecule has 2 aromatic rings. The summed E-state index contributed by atoms with van der Waals surface area (Å²) in [5.74, 6) is 0. The van der Waals surface area contributed by atoms with Crippen LogP contribution in [0.1, 0.15) is 27.8 Å². The van der Waals surface area contributed by atoms with Crippen molar-refractivity contribution >= 4 is 16.0 Å². The topological polar surface area (TPSA) is 35.6 Å². The van der Waals surface area contributed by atoms with E-state index in [1.165, 1.54) is 0 Å². The first-order valence-corrected chi connectivity index (χ1v) is 6.19. The molecule has 2 heterocycles. The van der Waals surface area contributed by atoms with Crippen molar-refractivity contribution < 1.29 is 18.9 Å². The molecule has 0 spiro atoms. The van der Waals surface area contributed by atoms with Gasteiger partial charge in [0.25, 0.3) is 0 Å². The van der Waals surface area contributed by atoms with Gasteiger partial charge >= 0.3 is 122 Å². The van der Waals surface area contributed by atoms with Crippen LogP contribution in [0.4, 0.5) is 0 Å². The van der Waals surface area contributed by atoms with Gasteiger partial charge in [0.2, 0.25) is 0 Å². The Morgan fingerprint density at radius 2 is 1.29 bits per heavy atom.